The summed E-state index contributed by atoms with van der Waals surface area (Å²) in [5, 5.41) is 11.6. The Bertz CT molecular complexity index is 841. The van der Waals surface area contributed by atoms with E-state index in [0.717, 1.165) is 51.4 Å². The van der Waals surface area contributed by atoms with Crippen molar-refractivity contribution in [1.29, 1.82) is 0 Å². The fraction of sp³-hybridized carbons (Fsp3) is 0.878. The van der Waals surface area contributed by atoms with Crippen LogP contribution in [0.4, 0.5) is 0 Å². The maximum Gasteiger partial charge on any atom is 0.306 e. The van der Waals surface area contributed by atoms with Crippen molar-refractivity contribution < 1.29 is 42.9 Å². The zero-order valence-electron chi connectivity index (χ0n) is 33.0. The first-order chi connectivity index (χ1) is 24.1. The number of carbonyl (C=O) groups is 3. The molecule has 2 atom stereocenters. The molecule has 0 radical (unpaired) electrons. The van der Waals surface area contributed by atoms with Gasteiger partial charge in [0, 0.05) is 12.8 Å². The van der Waals surface area contributed by atoms with Gasteiger partial charge in [-0.05, 0) is 38.5 Å². The summed E-state index contributed by atoms with van der Waals surface area (Å²) in [6.07, 6.45) is 29.5. The number of quaternary nitrogens is 1. The van der Waals surface area contributed by atoms with Gasteiger partial charge in [-0.1, -0.05) is 135 Å². The lowest BCUT2D eigenvalue weighted by molar-refractivity contribution is -0.870. The molecule has 2 unspecified atom stereocenters. The van der Waals surface area contributed by atoms with Gasteiger partial charge in [0.15, 0.2) is 12.4 Å². The number of aliphatic carboxylic acids is 1. The Kier molecular flexibility index (Phi) is 32.8. The van der Waals surface area contributed by atoms with Gasteiger partial charge in [0.1, 0.15) is 13.2 Å². The van der Waals surface area contributed by atoms with E-state index >= 15 is 0 Å². The van der Waals surface area contributed by atoms with E-state index in [1.165, 1.54) is 89.9 Å². The summed E-state index contributed by atoms with van der Waals surface area (Å²) in [5.74, 6) is -2.29. The van der Waals surface area contributed by atoms with Crippen molar-refractivity contribution in [2.75, 3.05) is 47.5 Å². The van der Waals surface area contributed by atoms with Gasteiger partial charge in [-0.2, -0.15) is 0 Å². The SMILES string of the molecule is CCCCCCCC/C=C\CCCCCCCC(=O)OC(COC(=O)CCCCCCCCCCCC)COC(OCC[N+](C)(C)C)C(=O)[O-]. The number of hydrogen-bond donors (Lipinski definition) is 0. The first-order valence-electron chi connectivity index (χ1n) is 20.3. The lowest BCUT2D eigenvalue weighted by atomic mass is 10.1. The first kappa shape index (κ1) is 48.0. The number of likely N-dealkylation sites (N-methyl/N-ethyl adjacent to an activating group) is 1. The lowest BCUT2D eigenvalue weighted by Gasteiger charge is -2.26. The largest absolute Gasteiger partial charge is 0.545 e. The van der Waals surface area contributed by atoms with Crippen molar-refractivity contribution in [3.63, 3.8) is 0 Å². The van der Waals surface area contributed by atoms with Crippen molar-refractivity contribution in [3.8, 4) is 0 Å². The molecule has 0 saturated heterocycles. The molecular weight excluding hydrogens is 634 g/mol. The molecule has 0 aliphatic heterocycles. The number of rotatable bonds is 37. The molecule has 0 aromatic rings. The Morgan fingerprint density at radius 3 is 1.48 bits per heavy atom. The van der Waals surface area contributed by atoms with E-state index in [1.807, 2.05) is 21.1 Å². The number of ether oxygens (including phenoxy) is 4. The van der Waals surface area contributed by atoms with Crippen molar-refractivity contribution >= 4 is 17.9 Å². The number of unbranched alkanes of at least 4 members (excludes halogenated alkanes) is 20. The van der Waals surface area contributed by atoms with Gasteiger partial charge in [0.2, 0.25) is 0 Å². The third kappa shape index (κ3) is 34.5. The van der Waals surface area contributed by atoms with Gasteiger partial charge in [-0.3, -0.25) is 9.59 Å². The summed E-state index contributed by atoms with van der Waals surface area (Å²) < 4.78 is 22.4. The average Bonchev–Trinajstić information content (AvgIpc) is 3.06. The number of hydrogen-bond acceptors (Lipinski definition) is 8. The van der Waals surface area contributed by atoms with E-state index in [4.69, 9.17) is 18.9 Å². The Hall–Kier alpha value is -1.97. The standard InChI is InChI=1S/C41H77NO8/c1-6-8-10-12-14-16-18-19-20-21-22-24-26-28-30-32-39(44)50-37(36-49-41(40(45)46)47-34-33-42(3,4)5)35-48-38(43)31-29-27-25-23-17-15-13-11-9-7-2/h19-20,37,41H,6-18,21-36H2,1-5H3/b20-19-. The summed E-state index contributed by atoms with van der Waals surface area (Å²) in [5.41, 5.74) is 0. The molecule has 0 fully saturated rings. The Labute approximate surface area is 306 Å². The summed E-state index contributed by atoms with van der Waals surface area (Å²) in [6, 6.07) is 0. The van der Waals surface area contributed by atoms with Crippen LogP contribution in [0.3, 0.4) is 0 Å². The third-order valence-corrected chi connectivity index (χ3v) is 8.76. The maximum atomic E-state index is 12.7. The molecule has 0 N–H and O–H groups in total. The summed E-state index contributed by atoms with van der Waals surface area (Å²) in [6.45, 7) is 4.70. The molecule has 0 aliphatic rings. The number of esters is 2. The highest BCUT2D eigenvalue weighted by molar-refractivity contribution is 5.70. The zero-order valence-corrected chi connectivity index (χ0v) is 33.0. The maximum absolute atomic E-state index is 12.7. The van der Waals surface area contributed by atoms with Crippen LogP contribution in [0.5, 0.6) is 0 Å². The highest BCUT2D eigenvalue weighted by Gasteiger charge is 2.21. The van der Waals surface area contributed by atoms with Crippen molar-refractivity contribution in [2.45, 2.75) is 187 Å². The van der Waals surface area contributed by atoms with Gasteiger partial charge in [-0.25, -0.2) is 0 Å². The normalized spacial score (nSPS) is 13.1. The predicted molar refractivity (Wildman–Crippen MR) is 200 cm³/mol. The second kappa shape index (κ2) is 34.1. The smallest absolute Gasteiger partial charge is 0.306 e. The Balaban J connectivity index is 4.50. The van der Waals surface area contributed by atoms with Crippen LogP contribution < -0.4 is 5.11 Å². The summed E-state index contributed by atoms with van der Waals surface area (Å²) >= 11 is 0. The first-order valence-corrected chi connectivity index (χ1v) is 20.3. The van der Waals surface area contributed by atoms with Crippen molar-refractivity contribution in [3.05, 3.63) is 12.2 Å². The Morgan fingerprint density at radius 1 is 0.580 bits per heavy atom. The molecule has 0 heterocycles. The fourth-order valence-electron chi connectivity index (χ4n) is 5.53. The van der Waals surface area contributed by atoms with Crippen LogP contribution in [0.25, 0.3) is 0 Å². The van der Waals surface area contributed by atoms with E-state index in [2.05, 4.69) is 26.0 Å². The van der Waals surface area contributed by atoms with E-state index in [1.54, 1.807) is 0 Å². The minimum atomic E-state index is -1.62. The van der Waals surface area contributed by atoms with Crippen LogP contribution in [0.15, 0.2) is 12.2 Å². The van der Waals surface area contributed by atoms with Crippen LogP contribution >= 0.6 is 0 Å². The van der Waals surface area contributed by atoms with Crippen molar-refractivity contribution in [1.82, 2.24) is 0 Å². The number of allylic oxidation sites excluding steroid dienone is 2. The number of nitrogens with zero attached hydrogens (tertiary/aromatic N) is 1. The highest BCUT2D eigenvalue weighted by atomic mass is 16.7. The second-order valence-corrected chi connectivity index (χ2v) is 14.9. The molecular formula is C41H77NO8. The quantitative estimate of drug-likeness (QED) is 0.0207. The van der Waals surface area contributed by atoms with Gasteiger partial charge in [0.05, 0.1) is 40.3 Å². The lowest BCUT2D eigenvalue weighted by Crippen LogP contribution is -2.44. The molecule has 50 heavy (non-hydrogen) atoms. The number of carbonyl (C=O) groups excluding carboxylic acids is 3. The van der Waals surface area contributed by atoms with Gasteiger partial charge in [-0.15, -0.1) is 0 Å². The summed E-state index contributed by atoms with van der Waals surface area (Å²) in [4.78, 5) is 36.7. The van der Waals surface area contributed by atoms with E-state index in [0.29, 0.717) is 23.9 Å². The molecule has 0 saturated carbocycles. The van der Waals surface area contributed by atoms with Gasteiger partial charge in [0.25, 0.3) is 0 Å². The number of carboxylic acid groups (broad SMARTS) is 1. The molecule has 0 amide bonds. The fourth-order valence-corrected chi connectivity index (χ4v) is 5.53. The monoisotopic (exact) mass is 712 g/mol. The minimum Gasteiger partial charge on any atom is -0.545 e. The van der Waals surface area contributed by atoms with E-state index in [-0.39, 0.29) is 32.2 Å². The topological polar surface area (TPSA) is 111 Å². The molecule has 0 bridgehead atoms. The second-order valence-electron chi connectivity index (χ2n) is 14.9. The molecule has 9 nitrogen and oxygen atoms in total. The van der Waals surface area contributed by atoms with Crippen molar-refractivity contribution in [2.24, 2.45) is 0 Å². The average molecular weight is 712 g/mol. The molecule has 9 heteroatoms. The van der Waals surface area contributed by atoms with Crippen LogP contribution in [-0.4, -0.2) is 82.3 Å². The molecule has 0 aromatic carbocycles. The summed E-state index contributed by atoms with van der Waals surface area (Å²) in [7, 11) is 5.90. The van der Waals surface area contributed by atoms with Crippen LogP contribution in [0.1, 0.15) is 174 Å². The van der Waals surface area contributed by atoms with Crippen LogP contribution in [0.2, 0.25) is 0 Å². The molecule has 0 rings (SSSR count). The third-order valence-electron chi connectivity index (χ3n) is 8.76. The Morgan fingerprint density at radius 2 is 1.02 bits per heavy atom. The molecule has 0 spiro atoms. The van der Waals surface area contributed by atoms with Crippen LogP contribution in [0, 0.1) is 0 Å². The van der Waals surface area contributed by atoms with Gasteiger partial charge >= 0.3 is 11.9 Å². The predicted octanol–water partition coefficient (Wildman–Crippen LogP) is 8.61. The molecule has 0 aliphatic carbocycles. The van der Waals surface area contributed by atoms with Crippen LogP contribution in [-0.2, 0) is 33.3 Å². The molecule has 294 valence electrons. The number of carboxylic acids is 1. The minimum absolute atomic E-state index is 0.149. The van der Waals surface area contributed by atoms with E-state index in [9.17, 15) is 19.5 Å². The highest BCUT2D eigenvalue weighted by Crippen LogP contribution is 2.13. The van der Waals surface area contributed by atoms with E-state index < -0.39 is 24.3 Å². The zero-order chi connectivity index (χ0) is 37.1. The molecule has 0 aromatic heterocycles. The van der Waals surface area contributed by atoms with Gasteiger partial charge < -0.3 is 33.3 Å².